The summed E-state index contributed by atoms with van der Waals surface area (Å²) in [6.45, 7) is 0. The van der Waals surface area contributed by atoms with Crippen molar-refractivity contribution in [1.82, 2.24) is 4.57 Å². The van der Waals surface area contributed by atoms with Crippen LogP contribution >= 0.6 is 0 Å². The smallest absolute Gasteiger partial charge is 0.186 e. The Bertz CT molecular complexity index is 3720. The molecule has 1 aromatic heterocycles. The summed E-state index contributed by atoms with van der Waals surface area (Å²) in [6, 6.07) is 45.0. The zero-order valence-corrected chi connectivity index (χ0v) is 36.3. The van der Waals surface area contributed by atoms with Crippen molar-refractivity contribution < 1.29 is 61.3 Å². The standard InChI is InChI=1S/C56H38N2O12/c59-45-39(29-16-9-17-30(26-29)57-37-24-7-5-20-33(37)34-21-6-8-25-38(34)57)46(60)52(66)42(51(45)65)58(43-53(67)47(61)40(48(62)54(43)68)35-22-10-14-27-12-1-3-18-31(27)35)44-55(69)49(63)41(50(64)56(44)70)36-23-11-15-28-13-2-4-19-32(28)36/h1-26,59-70H. The predicted octanol–water partition coefficient (Wildman–Crippen LogP) is 12.0. The van der Waals surface area contributed by atoms with Crippen LogP contribution in [0, 0.1) is 0 Å². The van der Waals surface area contributed by atoms with E-state index in [-0.39, 0.29) is 21.6 Å². The van der Waals surface area contributed by atoms with E-state index in [4.69, 9.17) is 0 Å². The van der Waals surface area contributed by atoms with Crippen molar-refractivity contribution in [2.24, 2.45) is 0 Å². The maximum absolute atomic E-state index is 12.2. The molecule has 0 spiro atoms. The van der Waals surface area contributed by atoms with Crippen LogP contribution < -0.4 is 4.90 Å². The molecule has 14 nitrogen and oxygen atoms in total. The van der Waals surface area contributed by atoms with Gasteiger partial charge in [0.2, 0.25) is 0 Å². The van der Waals surface area contributed by atoms with Crippen LogP contribution in [-0.4, -0.2) is 65.8 Å². The van der Waals surface area contributed by atoms with Crippen molar-refractivity contribution in [3.8, 4) is 108 Å². The number of hydrogen-bond acceptors (Lipinski definition) is 13. The van der Waals surface area contributed by atoms with Crippen molar-refractivity contribution in [1.29, 1.82) is 0 Å². The monoisotopic (exact) mass is 930 g/mol. The Labute approximate surface area is 395 Å². The van der Waals surface area contributed by atoms with Crippen molar-refractivity contribution in [3.63, 3.8) is 0 Å². The number of phenols is 12. The van der Waals surface area contributed by atoms with Gasteiger partial charge in [0, 0.05) is 16.5 Å². The molecule has 0 radical (unpaired) electrons. The lowest BCUT2D eigenvalue weighted by molar-refractivity contribution is 0.367. The van der Waals surface area contributed by atoms with Gasteiger partial charge in [-0.15, -0.1) is 0 Å². The molecule has 344 valence electrons. The lowest BCUT2D eigenvalue weighted by atomic mass is 9.93. The topological polar surface area (TPSA) is 251 Å². The predicted molar refractivity (Wildman–Crippen MR) is 267 cm³/mol. The maximum Gasteiger partial charge on any atom is 0.186 e. The van der Waals surface area contributed by atoms with Gasteiger partial charge in [0.15, 0.2) is 69.0 Å². The van der Waals surface area contributed by atoms with Crippen molar-refractivity contribution >= 4 is 60.4 Å². The molecule has 14 heteroatoms. The van der Waals surface area contributed by atoms with E-state index in [1.165, 1.54) is 18.2 Å². The summed E-state index contributed by atoms with van der Waals surface area (Å²) in [5.41, 5.74) is -2.68. The minimum absolute atomic E-state index is 0.0545. The molecule has 70 heavy (non-hydrogen) atoms. The Hall–Kier alpha value is -10.1. The van der Waals surface area contributed by atoms with Crippen molar-refractivity contribution in [2.45, 2.75) is 0 Å². The number of aromatic nitrogens is 1. The fourth-order valence-corrected chi connectivity index (χ4v) is 9.70. The molecule has 11 rings (SSSR count). The summed E-state index contributed by atoms with van der Waals surface area (Å²) >= 11 is 0. The molecule has 10 aromatic carbocycles. The summed E-state index contributed by atoms with van der Waals surface area (Å²) < 4.78 is 1.94. The average molecular weight is 931 g/mol. The van der Waals surface area contributed by atoms with Crippen LogP contribution in [0.25, 0.3) is 82.4 Å². The second kappa shape index (κ2) is 15.8. The number of fused-ring (bicyclic) bond motifs is 5. The molecule has 0 atom stereocenters. The molecule has 0 bridgehead atoms. The van der Waals surface area contributed by atoms with E-state index in [0.29, 0.717) is 27.2 Å². The highest BCUT2D eigenvalue weighted by atomic mass is 16.3. The molecular formula is C56H38N2O12. The van der Waals surface area contributed by atoms with Crippen LogP contribution in [-0.2, 0) is 0 Å². The molecule has 1 heterocycles. The van der Waals surface area contributed by atoms with Crippen LogP contribution in [0.2, 0.25) is 0 Å². The number of para-hydroxylation sites is 2. The summed E-state index contributed by atoms with van der Waals surface area (Å²) in [5, 5.41) is 148. The number of phenolic OH excluding ortho intramolecular Hbond substituents is 12. The van der Waals surface area contributed by atoms with E-state index in [1.807, 2.05) is 53.1 Å². The molecule has 11 aromatic rings. The van der Waals surface area contributed by atoms with Crippen LogP contribution in [0.15, 0.2) is 158 Å². The van der Waals surface area contributed by atoms with Gasteiger partial charge in [-0.05, 0) is 62.5 Å². The van der Waals surface area contributed by atoms with Gasteiger partial charge in [-0.3, -0.25) is 4.90 Å². The Morgan fingerprint density at radius 2 is 0.614 bits per heavy atom. The van der Waals surface area contributed by atoms with Gasteiger partial charge in [0.05, 0.1) is 27.7 Å². The zero-order chi connectivity index (χ0) is 48.9. The van der Waals surface area contributed by atoms with Crippen LogP contribution in [0.4, 0.5) is 17.1 Å². The van der Waals surface area contributed by atoms with E-state index in [2.05, 4.69) is 0 Å². The van der Waals surface area contributed by atoms with E-state index >= 15 is 0 Å². The lowest BCUT2D eigenvalue weighted by Crippen LogP contribution is -2.13. The third-order valence-electron chi connectivity index (χ3n) is 12.9. The first-order valence-electron chi connectivity index (χ1n) is 21.6. The fraction of sp³-hybridized carbons (Fsp3) is 0. The molecule has 0 aliphatic rings. The molecule has 12 N–H and O–H groups in total. The summed E-state index contributed by atoms with van der Waals surface area (Å²) in [4.78, 5) is 0.246. The number of nitrogens with zero attached hydrogens (tertiary/aromatic N) is 2. The Morgan fingerprint density at radius 3 is 1.03 bits per heavy atom. The first kappa shape index (κ1) is 42.5. The number of benzene rings is 10. The normalized spacial score (nSPS) is 11.5. The summed E-state index contributed by atoms with van der Waals surface area (Å²) in [6.07, 6.45) is 0. The molecule has 0 saturated carbocycles. The molecule has 0 fully saturated rings. The molecular weight excluding hydrogens is 893 g/mol. The zero-order valence-electron chi connectivity index (χ0n) is 36.3. The van der Waals surface area contributed by atoms with Gasteiger partial charge in [0.25, 0.3) is 0 Å². The van der Waals surface area contributed by atoms with E-state index in [0.717, 1.165) is 21.8 Å². The van der Waals surface area contributed by atoms with E-state index in [9.17, 15) is 61.3 Å². The highest BCUT2D eigenvalue weighted by Gasteiger charge is 2.40. The van der Waals surface area contributed by atoms with E-state index < -0.39 is 103 Å². The molecule has 0 saturated heterocycles. The van der Waals surface area contributed by atoms with E-state index in [1.54, 1.807) is 91.0 Å². The molecule has 0 aliphatic carbocycles. The number of aromatic hydroxyl groups is 12. The van der Waals surface area contributed by atoms with Gasteiger partial charge >= 0.3 is 0 Å². The second-order valence-electron chi connectivity index (χ2n) is 16.7. The highest BCUT2D eigenvalue weighted by Crippen LogP contribution is 2.68. The Kier molecular flexibility index (Phi) is 9.59. The van der Waals surface area contributed by atoms with Crippen LogP contribution in [0.5, 0.6) is 69.0 Å². The van der Waals surface area contributed by atoms with Gasteiger partial charge in [-0.25, -0.2) is 0 Å². The minimum atomic E-state index is -1.33. The minimum Gasteiger partial charge on any atom is -0.504 e. The van der Waals surface area contributed by atoms with Gasteiger partial charge in [0.1, 0.15) is 17.1 Å². The number of hydrogen-bond donors (Lipinski definition) is 12. The quantitative estimate of drug-likeness (QED) is 0.0526. The average Bonchev–Trinajstić information content (AvgIpc) is 3.72. The number of anilines is 3. The van der Waals surface area contributed by atoms with Crippen molar-refractivity contribution in [2.75, 3.05) is 4.90 Å². The fourth-order valence-electron chi connectivity index (χ4n) is 9.70. The van der Waals surface area contributed by atoms with Crippen LogP contribution in [0.3, 0.4) is 0 Å². The summed E-state index contributed by atoms with van der Waals surface area (Å²) in [7, 11) is 0. The SMILES string of the molecule is Oc1c(O)c(N(c2c(O)c(O)c(-c3cccc4ccccc34)c(O)c2O)c2c(O)c(O)c(-c3cccc4ccccc34)c(O)c2O)c(O)c(O)c1-c1cccc(-n2c3ccccc3c3ccccc32)c1. The first-order chi connectivity index (χ1) is 33.8. The van der Waals surface area contributed by atoms with Crippen LogP contribution in [0.1, 0.15) is 0 Å². The summed E-state index contributed by atoms with van der Waals surface area (Å²) in [5.74, 6) is -14.7. The van der Waals surface area contributed by atoms with Gasteiger partial charge in [-0.1, -0.05) is 133 Å². The highest BCUT2D eigenvalue weighted by molar-refractivity contribution is 6.10. The third-order valence-corrected chi connectivity index (χ3v) is 12.9. The lowest BCUT2D eigenvalue weighted by Gasteiger charge is -2.31. The molecule has 0 aliphatic heterocycles. The maximum atomic E-state index is 12.2. The largest absolute Gasteiger partial charge is 0.504 e. The van der Waals surface area contributed by atoms with Gasteiger partial charge in [-0.2, -0.15) is 0 Å². The second-order valence-corrected chi connectivity index (χ2v) is 16.7. The Balaban J connectivity index is 1.18. The first-order valence-corrected chi connectivity index (χ1v) is 21.6. The molecule has 0 amide bonds. The van der Waals surface area contributed by atoms with Crippen molar-refractivity contribution in [3.05, 3.63) is 158 Å². The third kappa shape index (κ3) is 6.06. The number of rotatable bonds is 7. The van der Waals surface area contributed by atoms with Gasteiger partial charge < -0.3 is 65.8 Å². The Morgan fingerprint density at radius 1 is 0.286 bits per heavy atom. The molecule has 0 unspecified atom stereocenters.